The van der Waals surface area contributed by atoms with E-state index in [1.54, 1.807) is 18.2 Å². The number of ether oxygens (including phenoxy) is 1. The van der Waals surface area contributed by atoms with Gasteiger partial charge in [0.15, 0.2) is 0 Å². The molecule has 0 spiro atoms. The lowest BCUT2D eigenvalue weighted by Crippen LogP contribution is -2.19. The molecule has 0 fully saturated rings. The number of rotatable bonds is 6. The summed E-state index contributed by atoms with van der Waals surface area (Å²) in [4.78, 5) is 16.7. The summed E-state index contributed by atoms with van der Waals surface area (Å²) in [7, 11) is 0. The Morgan fingerprint density at radius 3 is 2.63 bits per heavy atom. The quantitative estimate of drug-likeness (QED) is 0.504. The fourth-order valence-corrected chi connectivity index (χ4v) is 2.59. The number of aromatic nitrogens is 1. The van der Waals surface area contributed by atoms with Crippen molar-refractivity contribution >= 4 is 23.7 Å². The van der Waals surface area contributed by atoms with Gasteiger partial charge in [0.1, 0.15) is 11.4 Å². The van der Waals surface area contributed by atoms with Crippen LogP contribution in [0.1, 0.15) is 23.0 Å². The molecule has 3 rings (SSSR count). The van der Waals surface area contributed by atoms with E-state index in [1.807, 2.05) is 55.5 Å². The largest absolute Gasteiger partial charge is 0.494 e. The van der Waals surface area contributed by atoms with Gasteiger partial charge in [0.05, 0.1) is 18.5 Å². The first-order valence-electron chi connectivity index (χ1n) is 8.45. The Balaban J connectivity index is 1.71. The van der Waals surface area contributed by atoms with Crippen LogP contribution in [0.15, 0.2) is 71.8 Å². The highest BCUT2D eigenvalue weighted by atomic mass is 35.5. The molecule has 1 amide bonds. The van der Waals surface area contributed by atoms with Crippen molar-refractivity contribution in [2.45, 2.75) is 6.92 Å². The van der Waals surface area contributed by atoms with E-state index in [0.717, 1.165) is 16.9 Å². The predicted octanol–water partition coefficient (Wildman–Crippen LogP) is 4.56. The number of carbonyl (C=O) groups excluding carboxylic acids is 1. The van der Waals surface area contributed by atoms with Gasteiger partial charge in [-0.15, -0.1) is 0 Å². The second-order valence-corrected chi connectivity index (χ2v) is 5.99. The molecule has 1 N–H and O–H groups in total. The maximum absolute atomic E-state index is 12.3. The maximum atomic E-state index is 12.3. The van der Waals surface area contributed by atoms with Crippen LogP contribution < -0.4 is 10.2 Å². The third kappa shape index (κ3) is 4.92. The van der Waals surface area contributed by atoms with Crippen LogP contribution in [-0.4, -0.2) is 23.7 Å². The van der Waals surface area contributed by atoms with Gasteiger partial charge in [-0.05, 0) is 49.4 Å². The minimum Gasteiger partial charge on any atom is -0.494 e. The van der Waals surface area contributed by atoms with E-state index in [4.69, 9.17) is 16.3 Å². The molecule has 0 saturated carbocycles. The zero-order chi connectivity index (χ0) is 19.1. The van der Waals surface area contributed by atoms with Crippen molar-refractivity contribution in [3.05, 3.63) is 83.0 Å². The van der Waals surface area contributed by atoms with E-state index in [0.29, 0.717) is 17.3 Å². The summed E-state index contributed by atoms with van der Waals surface area (Å²) in [5.74, 6) is 0.398. The van der Waals surface area contributed by atoms with Gasteiger partial charge in [0, 0.05) is 16.1 Å². The number of carbonyl (C=O) groups is 1. The van der Waals surface area contributed by atoms with Gasteiger partial charge in [-0.1, -0.05) is 35.9 Å². The number of nitrogens with zero attached hydrogens (tertiary/aromatic N) is 2. The summed E-state index contributed by atoms with van der Waals surface area (Å²) in [5, 5.41) is 4.51. The smallest absolute Gasteiger partial charge is 0.289 e. The van der Waals surface area contributed by atoms with Gasteiger partial charge >= 0.3 is 0 Å². The molecule has 0 saturated heterocycles. The third-order valence-electron chi connectivity index (χ3n) is 3.72. The maximum Gasteiger partial charge on any atom is 0.289 e. The first kappa shape index (κ1) is 18.6. The number of benzene rings is 2. The first-order chi connectivity index (χ1) is 13.2. The van der Waals surface area contributed by atoms with Gasteiger partial charge in [0.25, 0.3) is 5.91 Å². The van der Waals surface area contributed by atoms with Crippen molar-refractivity contribution in [2.24, 2.45) is 5.10 Å². The lowest BCUT2D eigenvalue weighted by atomic mass is 10.1. The molecule has 0 aliphatic rings. The minimum absolute atomic E-state index is 0.276. The van der Waals surface area contributed by atoms with Crippen LogP contribution in [-0.2, 0) is 0 Å². The van der Waals surface area contributed by atoms with E-state index < -0.39 is 5.91 Å². The van der Waals surface area contributed by atoms with Gasteiger partial charge in [-0.2, -0.15) is 5.10 Å². The Hall–Kier alpha value is -3.18. The summed E-state index contributed by atoms with van der Waals surface area (Å²) >= 11 is 6.05. The number of halogens is 1. The molecule has 0 atom stereocenters. The Labute approximate surface area is 162 Å². The molecule has 1 aromatic heterocycles. The van der Waals surface area contributed by atoms with Crippen molar-refractivity contribution in [1.82, 2.24) is 10.4 Å². The number of pyridine rings is 1. The van der Waals surface area contributed by atoms with E-state index in [-0.39, 0.29) is 5.69 Å². The lowest BCUT2D eigenvalue weighted by Gasteiger charge is -2.06. The standard InChI is InChI=1S/C21H18ClN3O2/c1-2-27-17-12-10-15(11-13-17)19-8-5-9-20(24-19)21(26)25-23-14-16-6-3-4-7-18(16)22/h3-14H,2H2,1H3,(H,25,26). The molecule has 0 radical (unpaired) electrons. The van der Waals surface area contributed by atoms with Crippen LogP contribution in [0.3, 0.4) is 0 Å². The number of hydrogen-bond donors (Lipinski definition) is 1. The molecule has 2 aromatic carbocycles. The molecule has 5 nitrogen and oxygen atoms in total. The molecular weight excluding hydrogens is 362 g/mol. The molecule has 136 valence electrons. The molecule has 1 heterocycles. The second-order valence-electron chi connectivity index (χ2n) is 5.59. The van der Waals surface area contributed by atoms with Crippen LogP contribution in [0.2, 0.25) is 5.02 Å². The van der Waals surface area contributed by atoms with Gasteiger partial charge in [-0.3, -0.25) is 4.79 Å². The van der Waals surface area contributed by atoms with Crippen LogP contribution in [0.5, 0.6) is 5.75 Å². The normalized spacial score (nSPS) is 10.7. The van der Waals surface area contributed by atoms with Gasteiger partial charge < -0.3 is 4.74 Å². The van der Waals surface area contributed by atoms with Crippen LogP contribution >= 0.6 is 11.6 Å². The predicted molar refractivity (Wildman–Crippen MR) is 107 cm³/mol. The van der Waals surface area contributed by atoms with Crippen molar-refractivity contribution in [3.8, 4) is 17.0 Å². The van der Waals surface area contributed by atoms with Crippen molar-refractivity contribution in [3.63, 3.8) is 0 Å². The van der Waals surface area contributed by atoms with Crippen molar-refractivity contribution < 1.29 is 9.53 Å². The molecule has 0 aliphatic heterocycles. The average molecular weight is 380 g/mol. The fourth-order valence-electron chi connectivity index (χ4n) is 2.41. The highest BCUT2D eigenvalue weighted by Crippen LogP contribution is 2.21. The second kappa shape index (κ2) is 8.96. The minimum atomic E-state index is -0.397. The Morgan fingerprint density at radius 2 is 1.89 bits per heavy atom. The molecule has 27 heavy (non-hydrogen) atoms. The van der Waals surface area contributed by atoms with Crippen LogP contribution in [0.25, 0.3) is 11.3 Å². The summed E-state index contributed by atoms with van der Waals surface area (Å²) < 4.78 is 5.44. The molecule has 3 aromatic rings. The number of nitrogens with one attached hydrogen (secondary N) is 1. The zero-order valence-corrected chi connectivity index (χ0v) is 15.5. The highest BCUT2D eigenvalue weighted by Gasteiger charge is 2.08. The number of hydrazone groups is 1. The van der Waals surface area contributed by atoms with Gasteiger partial charge in [-0.25, -0.2) is 10.4 Å². The molecular formula is C21H18ClN3O2. The van der Waals surface area contributed by atoms with Crippen molar-refractivity contribution in [2.75, 3.05) is 6.61 Å². The van der Waals surface area contributed by atoms with E-state index in [9.17, 15) is 4.79 Å². The highest BCUT2D eigenvalue weighted by molar-refractivity contribution is 6.33. The molecule has 0 aliphatic carbocycles. The Kier molecular flexibility index (Phi) is 6.18. The third-order valence-corrected chi connectivity index (χ3v) is 4.06. The van der Waals surface area contributed by atoms with Crippen molar-refractivity contribution in [1.29, 1.82) is 0 Å². The van der Waals surface area contributed by atoms with Crippen LogP contribution in [0.4, 0.5) is 0 Å². The number of hydrogen-bond acceptors (Lipinski definition) is 4. The SMILES string of the molecule is CCOc1ccc(-c2cccc(C(=O)NN=Cc3ccccc3Cl)n2)cc1. The fraction of sp³-hybridized carbons (Fsp3) is 0.0952. The zero-order valence-electron chi connectivity index (χ0n) is 14.7. The Bertz CT molecular complexity index is 956. The average Bonchev–Trinajstić information content (AvgIpc) is 2.70. The summed E-state index contributed by atoms with van der Waals surface area (Å²) in [6, 6.07) is 20.1. The molecule has 0 unspecified atom stereocenters. The Morgan fingerprint density at radius 1 is 1.11 bits per heavy atom. The summed E-state index contributed by atoms with van der Waals surface area (Å²) in [5.41, 5.74) is 5.05. The van der Waals surface area contributed by atoms with E-state index in [1.165, 1.54) is 6.21 Å². The number of amides is 1. The lowest BCUT2D eigenvalue weighted by molar-refractivity contribution is 0.0950. The molecule has 0 bridgehead atoms. The van der Waals surface area contributed by atoms with Gasteiger partial charge in [0.2, 0.25) is 0 Å². The van der Waals surface area contributed by atoms with Crippen LogP contribution in [0, 0.1) is 0 Å². The summed E-state index contributed by atoms with van der Waals surface area (Å²) in [6.45, 7) is 2.55. The monoisotopic (exact) mass is 379 g/mol. The topological polar surface area (TPSA) is 63.6 Å². The molecule has 6 heteroatoms. The first-order valence-corrected chi connectivity index (χ1v) is 8.83. The van der Waals surface area contributed by atoms with E-state index in [2.05, 4.69) is 15.5 Å². The summed E-state index contributed by atoms with van der Waals surface area (Å²) in [6.07, 6.45) is 1.50. The van der Waals surface area contributed by atoms with E-state index >= 15 is 0 Å².